The number of aromatic nitrogens is 2. The molecule has 0 saturated heterocycles. The molecule has 4 nitrogen and oxygen atoms in total. The summed E-state index contributed by atoms with van der Waals surface area (Å²) in [6.45, 7) is 10.5. The van der Waals surface area contributed by atoms with Crippen molar-refractivity contribution in [3.63, 3.8) is 0 Å². The van der Waals surface area contributed by atoms with Crippen molar-refractivity contribution < 1.29 is 9.47 Å². The third kappa shape index (κ3) is 4.40. The lowest BCUT2D eigenvalue weighted by molar-refractivity contribution is -0.0429. The molecule has 0 aliphatic carbocycles. The Balaban J connectivity index is 2.03. The normalized spacial score (nSPS) is 15.9. The van der Waals surface area contributed by atoms with Crippen molar-refractivity contribution in [1.29, 1.82) is 0 Å². The predicted molar refractivity (Wildman–Crippen MR) is 107 cm³/mol. The Labute approximate surface area is 161 Å². The zero-order valence-corrected chi connectivity index (χ0v) is 16.9. The van der Waals surface area contributed by atoms with Gasteiger partial charge >= 0.3 is 0 Å². The van der Waals surface area contributed by atoms with E-state index in [0.717, 1.165) is 42.9 Å². The number of nitrogens with zero attached hydrogens (tertiary/aromatic N) is 2. The Kier molecular flexibility index (Phi) is 5.90. The van der Waals surface area contributed by atoms with Crippen LogP contribution in [0.25, 0.3) is 11.4 Å². The van der Waals surface area contributed by atoms with Crippen LogP contribution in [-0.4, -0.2) is 27.9 Å². The standard InChI is InChI=1S/C21H28N2O2S/c1-15(2)24-12-8-11-23-18-13-21(3,4)25-14-17(18)20(26)22-19(23)16-9-6-5-7-10-16/h5-7,9-10,15H,8,11-14H2,1-4H3. The summed E-state index contributed by atoms with van der Waals surface area (Å²) in [5.74, 6) is 0.941. The summed E-state index contributed by atoms with van der Waals surface area (Å²) in [6.07, 6.45) is 2.02. The van der Waals surface area contributed by atoms with E-state index in [9.17, 15) is 0 Å². The predicted octanol–water partition coefficient (Wildman–Crippen LogP) is 4.95. The average molecular weight is 373 g/mol. The van der Waals surface area contributed by atoms with E-state index in [1.54, 1.807) is 0 Å². The summed E-state index contributed by atoms with van der Waals surface area (Å²) in [4.78, 5) is 4.78. The SMILES string of the molecule is CC(C)OCCCn1c(-c2ccccc2)nc(=S)c2c1CC(C)(C)OC2. The van der Waals surface area contributed by atoms with Crippen LogP contribution in [-0.2, 0) is 29.0 Å². The van der Waals surface area contributed by atoms with E-state index in [1.807, 2.05) is 18.2 Å². The molecule has 3 rings (SSSR count). The van der Waals surface area contributed by atoms with Crippen LogP contribution in [0.5, 0.6) is 0 Å². The molecule has 2 aromatic rings. The number of hydrogen-bond donors (Lipinski definition) is 0. The van der Waals surface area contributed by atoms with Crippen LogP contribution in [0.15, 0.2) is 30.3 Å². The van der Waals surface area contributed by atoms with E-state index in [1.165, 1.54) is 5.69 Å². The Morgan fingerprint density at radius 3 is 2.69 bits per heavy atom. The molecule has 1 aliphatic rings. The van der Waals surface area contributed by atoms with Crippen molar-refractivity contribution in [2.24, 2.45) is 0 Å². The highest BCUT2D eigenvalue weighted by atomic mass is 32.1. The molecule has 5 heteroatoms. The first kappa shape index (κ1) is 19.2. The Morgan fingerprint density at radius 2 is 2.00 bits per heavy atom. The molecule has 0 N–H and O–H groups in total. The van der Waals surface area contributed by atoms with Crippen molar-refractivity contribution >= 4 is 12.2 Å². The van der Waals surface area contributed by atoms with Gasteiger partial charge in [-0.1, -0.05) is 42.5 Å². The number of benzene rings is 1. The quantitative estimate of drug-likeness (QED) is 0.531. The lowest BCUT2D eigenvalue weighted by Crippen LogP contribution is -2.35. The van der Waals surface area contributed by atoms with Crippen molar-refractivity contribution in [3.8, 4) is 11.4 Å². The maximum atomic E-state index is 5.99. The average Bonchev–Trinajstić information content (AvgIpc) is 2.59. The molecule has 0 unspecified atom stereocenters. The van der Waals surface area contributed by atoms with E-state index in [-0.39, 0.29) is 11.7 Å². The van der Waals surface area contributed by atoms with Gasteiger partial charge in [-0.15, -0.1) is 0 Å². The molecule has 0 saturated carbocycles. The molecule has 0 atom stereocenters. The molecule has 0 fully saturated rings. The smallest absolute Gasteiger partial charge is 0.141 e. The van der Waals surface area contributed by atoms with E-state index in [4.69, 9.17) is 26.7 Å². The van der Waals surface area contributed by atoms with Crippen LogP contribution in [0, 0.1) is 4.64 Å². The van der Waals surface area contributed by atoms with Gasteiger partial charge in [0.15, 0.2) is 0 Å². The van der Waals surface area contributed by atoms with Crippen LogP contribution in [0.4, 0.5) is 0 Å². The minimum atomic E-state index is -0.194. The van der Waals surface area contributed by atoms with E-state index < -0.39 is 0 Å². The first-order valence-corrected chi connectivity index (χ1v) is 9.72. The third-order valence-corrected chi connectivity index (χ3v) is 4.94. The van der Waals surface area contributed by atoms with Crippen molar-refractivity contribution in [3.05, 3.63) is 46.2 Å². The van der Waals surface area contributed by atoms with E-state index in [2.05, 4.69) is 44.4 Å². The molecule has 0 radical (unpaired) electrons. The summed E-state index contributed by atoms with van der Waals surface area (Å²) in [5, 5.41) is 0. The monoisotopic (exact) mass is 372 g/mol. The number of fused-ring (bicyclic) bond motifs is 1. The fourth-order valence-corrected chi connectivity index (χ4v) is 3.56. The summed E-state index contributed by atoms with van der Waals surface area (Å²) in [7, 11) is 0. The first-order chi connectivity index (χ1) is 12.4. The topological polar surface area (TPSA) is 36.3 Å². The van der Waals surface area contributed by atoms with Crippen molar-refractivity contribution in [1.82, 2.24) is 9.55 Å². The lowest BCUT2D eigenvalue weighted by Gasteiger charge is -2.34. The van der Waals surface area contributed by atoms with Gasteiger partial charge < -0.3 is 14.0 Å². The molecule has 0 spiro atoms. The maximum Gasteiger partial charge on any atom is 0.141 e. The van der Waals surface area contributed by atoms with Gasteiger partial charge in [0.1, 0.15) is 10.5 Å². The number of ether oxygens (including phenoxy) is 2. The van der Waals surface area contributed by atoms with Gasteiger partial charge in [-0.2, -0.15) is 0 Å². The second kappa shape index (κ2) is 7.99. The van der Waals surface area contributed by atoms with Gasteiger partial charge in [-0.3, -0.25) is 0 Å². The van der Waals surface area contributed by atoms with Crippen LogP contribution < -0.4 is 0 Å². The molecule has 0 amide bonds. The fourth-order valence-electron chi connectivity index (χ4n) is 3.30. The van der Waals surface area contributed by atoms with Crippen molar-refractivity contribution in [2.45, 2.75) is 65.4 Å². The van der Waals surface area contributed by atoms with Gasteiger partial charge in [-0.25, -0.2) is 4.98 Å². The minimum Gasteiger partial charge on any atom is -0.379 e. The van der Waals surface area contributed by atoms with Gasteiger partial charge in [-0.05, 0) is 34.1 Å². The van der Waals surface area contributed by atoms with Gasteiger partial charge in [0.05, 0.1) is 18.3 Å². The zero-order valence-electron chi connectivity index (χ0n) is 16.1. The molecule has 0 bridgehead atoms. The third-order valence-electron chi connectivity index (χ3n) is 4.61. The largest absolute Gasteiger partial charge is 0.379 e. The van der Waals surface area contributed by atoms with Gasteiger partial charge in [0.2, 0.25) is 0 Å². The van der Waals surface area contributed by atoms with Gasteiger partial charge in [0, 0.05) is 36.4 Å². The lowest BCUT2D eigenvalue weighted by atomic mass is 9.96. The van der Waals surface area contributed by atoms with Gasteiger partial charge in [0.25, 0.3) is 0 Å². The zero-order chi connectivity index (χ0) is 18.7. The van der Waals surface area contributed by atoms with Crippen LogP contribution in [0.2, 0.25) is 0 Å². The highest BCUT2D eigenvalue weighted by molar-refractivity contribution is 7.71. The molecule has 140 valence electrons. The molecular formula is C21H28N2O2S. The second-order valence-electron chi connectivity index (χ2n) is 7.68. The molecule has 1 aromatic heterocycles. The number of hydrogen-bond acceptors (Lipinski definition) is 4. The molecular weight excluding hydrogens is 344 g/mol. The summed E-state index contributed by atoms with van der Waals surface area (Å²) >= 11 is 5.60. The second-order valence-corrected chi connectivity index (χ2v) is 8.07. The summed E-state index contributed by atoms with van der Waals surface area (Å²) < 4.78 is 14.7. The molecule has 1 aromatic carbocycles. The van der Waals surface area contributed by atoms with Crippen molar-refractivity contribution in [2.75, 3.05) is 6.61 Å². The Morgan fingerprint density at radius 1 is 1.27 bits per heavy atom. The van der Waals surface area contributed by atoms with Crippen LogP contribution in [0.3, 0.4) is 0 Å². The molecule has 26 heavy (non-hydrogen) atoms. The van der Waals surface area contributed by atoms with Crippen LogP contribution >= 0.6 is 12.2 Å². The van der Waals surface area contributed by atoms with Crippen LogP contribution in [0.1, 0.15) is 45.4 Å². The highest BCUT2D eigenvalue weighted by Crippen LogP contribution is 2.31. The highest BCUT2D eigenvalue weighted by Gasteiger charge is 2.30. The molecule has 2 heterocycles. The van der Waals surface area contributed by atoms with E-state index in [0.29, 0.717) is 11.2 Å². The first-order valence-electron chi connectivity index (χ1n) is 9.31. The fraction of sp³-hybridized carbons (Fsp3) is 0.524. The maximum absolute atomic E-state index is 5.99. The molecule has 1 aliphatic heterocycles. The summed E-state index contributed by atoms with van der Waals surface area (Å²) in [6, 6.07) is 10.3. The Bertz CT molecular complexity index is 813. The Hall–Kier alpha value is -1.56. The van der Waals surface area contributed by atoms with E-state index >= 15 is 0 Å². The number of rotatable bonds is 6. The minimum absolute atomic E-state index is 0.194. The summed E-state index contributed by atoms with van der Waals surface area (Å²) in [5.41, 5.74) is 3.21.